The lowest BCUT2D eigenvalue weighted by Gasteiger charge is -2.23. The standard InChI is InChI=1S/C11H18N4O/c1-11(2,10(16)13-3)7-15-8-5-4-6-14-9(8)12/h4-6,15H,7H2,1-3H3,(H2,12,14)(H,13,16). The van der Waals surface area contributed by atoms with Crippen molar-refractivity contribution in [2.24, 2.45) is 5.41 Å². The van der Waals surface area contributed by atoms with Gasteiger partial charge in [0.1, 0.15) is 5.82 Å². The van der Waals surface area contributed by atoms with Gasteiger partial charge in [0, 0.05) is 19.8 Å². The normalized spacial score (nSPS) is 10.9. The Morgan fingerprint density at radius 2 is 2.25 bits per heavy atom. The summed E-state index contributed by atoms with van der Waals surface area (Å²) in [5.41, 5.74) is 5.94. The summed E-state index contributed by atoms with van der Waals surface area (Å²) in [7, 11) is 1.63. The number of carbonyl (C=O) groups excluding carboxylic acids is 1. The maximum atomic E-state index is 11.5. The average molecular weight is 222 g/mol. The molecule has 0 bridgehead atoms. The third-order valence-electron chi connectivity index (χ3n) is 2.40. The Kier molecular flexibility index (Phi) is 3.71. The Balaban J connectivity index is 2.65. The van der Waals surface area contributed by atoms with E-state index in [0.29, 0.717) is 12.4 Å². The van der Waals surface area contributed by atoms with Crippen LogP contribution in [0.15, 0.2) is 18.3 Å². The van der Waals surface area contributed by atoms with Gasteiger partial charge in [0.2, 0.25) is 5.91 Å². The molecule has 5 nitrogen and oxygen atoms in total. The maximum absolute atomic E-state index is 11.5. The van der Waals surface area contributed by atoms with Gasteiger partial charge in [0.15, 0.2) is 0 Å². The second-order valence-corrected chi connectivity index (χ2v) is 4.25. The predicted molar refractivity (Wildman–Crippen MR) is 65.0 cm³/mol. The van der Waals surface area contributed by atoms with Crippen molar-refractivity contribution in [1.82, 2.24) is 10.3 Å². The molecular weight excluding hydrogens is 204 g/mol. The number of hydrogen-bond donors (Lipinski definition) is 3. The number of rotatable bonds is 4. The van der Waals surface area contributed by atoms with Crippen molar-refractivity contribution in [3.05, 3.63) is 18.3 Å². The molecule has 1 amide bonds. The number of pyridine rings is 1. The number of amides is 1. The minimum absolute atomic E-state index is 0.0116. The van der Waals surface area contributed by atoms with Gasteiger partial charge < -0.3 is 16.4 Å². The van der Waals surface area contributed by atoms with Crippen LogP contribution in [0.25, 0.3) is 0 Å². The molecule has 1 rings (SSSR count). The van der Waals surface area contributed by atoms with Crippen molar-refractivity contribution >= 4 is 17.4 Å². The predicted octanol–water partition coefficient (Wildman–Crippen LogP) is 0.848. The van der Waals surface area contributed by atoms with E-state index >= 15 is 0 Å². The van der Waals surface area contributed by atoms with E-state index in [9.17, 15) is 4.79 Å². The smallest absolute Gasteiger partial charge is 0.227 e. The maximum Gasteiger partial charge on any atom is 0.227 e. The van der Waals surface area contributed by atoms with E-state index in [1.54, 1.807) is 19.3 Å². The monoisotopic (exact) mass is 222 g/mol. The molecule has 1 aromatic rings. The quantitative estimate of drug-likeness (QED) is 0.705. The van der Waals surface area contributed by atoms with Crippen LogP contribution in [0.1, 0.15) is 13.8 Å². The van der Waals surface area contributed by atoms with Gasteiger partial charge in [0.05, 0.1) is 11.1 Å². The lowest BCUT2D eigenvalue weighted by Crippen LogP contribution is -2.39. The fraction of sp³-hybridized carbons (Fsp3) is 0.455. The summed E-state index contributed by atoms with van der Waals surface area (Å²) in [5.74, 6) is 0.428. The summed E-state index contributed by atoms with van der Waals surface area (Å²) >= 11 is 0. The van der Waals surface area contributed by atoms with E-state index in [4.69, 9.17) is 5.73 Å². The molecule has 0 aromatic carbocycles. The number of nitrogens with one attached hydrogen (secondary N) is 2. The van der Waals surface area contributed by atoms with Crippen LogP contribution < -0.4 is 16.4 Å². The molecule has 16 heavy (non-hydrogen) atoms. The Morgan fingerprint density at radius 1 is 1.56 bits per heavy atom. The minimum Gasteiger partial charge on any atom is -0.382 e. The number of carbonyl (C=O) groups is 1. The van der Waals surface area contributed by atoms with Crippen molar-refractivity contribution in [2.75, 3.05) is 24.6 Å². The molecule has 0 saturated carbocycles. The van der Waals surface area contributed by atoms with E-state index < -0.39 is 5.41 Å². The van der Waals surface area contributed by atoms with Crippen LogP contribution in [0.3, 0.4) is 0 Å². The summed E-state index contributed by atoms with van der Waals surface area (Å²) in [5, 5.41) is 5.75. The fourth-order valence-corrected chi connectivity index (χ4v) is 1.30. The molecule has 0 radical (unpaired) electrons. The molecule has 1 heterocycles. The molecular formula is C11H18N4O. The first-order valence-electron chi connectivity index (χ1n) is 5.14. The first kappa shape index (κ1) is 12.3. The summed E-state index contributed by atoms with van der Waals surface area (Å²) < 4.78 is 0. The van der Waals surface area contributed by atoms with Crippen molar-refractivity contribution in [2.45, 2.75) is 13.8 Å². The van der Waals surface area contributed by atoms with Crippen LogP contribution in [-0.2, 0) is 4.79 Å². The Labute approximate surface area is 95.4 Å². The molecule has 88 valence electrons. The third-order valence-corrected chi connectivity index (χ3v) is 2.40. The Bertz CT molecular complexity index is 376. The number of nitrogens with two attached hydrogens (primary N) is 1. The van der Waals surface area contributed by atoms with Gasteiger partial charge >= 0.3 is 0 Å². The fourth-order valence-electron chi connectivity index (χ4n) is 1.30. The first-order valence-corrected chi connectivity index (χ1v) is 5.14. The van der Waals surface area contributed by atoms with Crippen LogP contribution in [0.4, 0.5) is 11.5 Å². The molecule has 5 heteroatoms. The molecule has 0 spiro atoms. The molecule has 0 fully saturated rings. The molecule has 0 atom stereocenters. The zero-order valence-electron chi connectivity index (χ0n) is 9.87. The van der Waals surface area contributed by atoms with Crippen molar-refractivity contribution in [1.29, 1.82) is 0 Å². The number of nitrogens with zero attached hydrogens (tertiary/aromatic N) is 1. The van der Waals surface area contributed by atoms with Crippen molar-refractivity contribution < 1.29 is 4.79 Å². The van der Waals surface area contributed by atoms with Crippen LogP contribution in [-0.4, -0.2) is 24.5 Å². The SMILES string of the molecule is CNC(=O)C(C)(C)CNc1cccnc1N. The molecule has 0 saturated heterocycles. The Morgan fingerprint density at radius 3 is 2.81 bits per heavy atom. The van der Waals surface area contributed by atoms with Gasteiger partial charge in [-0.3, -0.25) is 4.79 Å². The Hall–Kier alpha value is -1.78. The number of nitrogen functional groups attached to an aromatic ring is 1. The summed E-state index contributed by atoms with van der Waals surface area (Å²) in [6.45, 7) is 4.24. The van der Waals surface area contributed by atoms with Crippen molar-refractivity contribution in [3.63, 3.8) is 0 Å². The molecule has 0 unspecified atom stereocenters. The first-order chi connectivity index (χ1) is 7.47. The van der Waals surface area contributed by atoms with E-state index in [1.807, 2.05) is 19.9 Å². The largest absolute Gasteiger partial charge is 0.382 e. The summed E-state index contributed by atoms with van der Waals surface area (Å²) in [4.78, 5) is 15.5. The van der Waals surface area contributed by atoms with Gasteiger partial charge in [-0.05, 0) is 26.0 Å². The van der Waals surface area contributed by atoms with E-state index in [1.165, 1.54) is 0 Å². The third kappa shape index (κ3) is 2.85. The molecule has 1 aromatic heterocycles. The minimum atomic E-state index is -0.489. The number of anilines is 2. The molecule has 0 aliphatic rings. The number of aromatic nitrogens is 1. The van der Waals surface area contributed by atoms with Crippen LogP contribution in [0, 0.1) is 5.41 Å². The average Bonchev–Trinajstić information content (AvgIpc) is 2.27. The van der Waals surface area contributed by atoms with Crippen LogP contribution in [0.5, 0.6) is 0 Å². The molecule has 0 aliphatic carbocycles. The zero-order chi connectivity index (χ0) is 12.2. The van der Waals surface area contributed by atoms with Gasteiger partial charge in [0.25, 0.3) is 0 Å². The molecule has 0 aliphatic heterocycles. The lowest BCUT2D eigenvalue weighted by molar-refractivity contribution is -0.128. The van der Waals surface area contributed by atoms with Crippen molar-refractivity contribution in [3.8, 4) is 0 Å². The number of hydrogen-bond acceptors (Lipinski definition) is 4. The second-order valence-electron chi connectivity index (χ2n) is 4.25. The van der Waals surface area contributed by atoms with Crippen LogP contribution >= 0.6 is 0 Å². The topological polar surface area (TPSA) is 80.0 Å². The van der Waals surface area contributed by atoms with E-state index in [0.717, 1.165) is 5.69 Å². The highest BCUT2D eigenvalue weighted by molar-refractivity contribution is 5.82. The van der Waals surface area contributed by atoms with E-state index in [2.05, 4.69) is 15.6 Å². The summed E-state index contributed by atoms with van der Waals surface area (Å²) in [6, 6.07) is 3.63. The lowest BCUT2D eigenvalue weighted by atomic mass is 9.92. The summed E-state index contributed by atoms with van der Waals surface area (Å²) in [6.07, 6.45) is 1.63. The second kappa shape index (κ2) is 4.83. The van der Waals surface area contributed by atoms with Gasteiger partial charge in [-0.1, -0.05) is 0 Å². The van der Waals surface area contributed by atoms with Gasteiger partial charge in [-0.2, -0.15) is 0 Å². The van der Waals surface area contributed by atoms with Gasteiger partial charge in [-0.15, -0.1) is 0 Å². The van der Waals surface area contributed by atoms with Crippen LogP contribution in [0.2, 0.25) is 0 Å². The zero-order valence-corrected chi connectivity index (χ0v) is 9.87. The highest BCUT2D eigenvalue weighted by Gasteiger charge is 2.26. The highest BCUT2D eigenvalue weighted by Crippen LogP contribution is 2.19. The molecule has 4 N–H and O–H groups in total. The van der Waals surface area contributed by atoms with Gasteiger partial charge in [-0.25, -0.2) is 4.98 Å². The highest BCUT2D eigenvalue weighted by atomic mass is 16.2. The van der Waals surface area contributed by atoms with E-state index in [-0.39, 0.29) is 5.91 Å².